The standard InChI is InChI=1S/C14H27NO/c1-12-7-5-6-8-13(12)11-16-10-9-15-14(2,3)4/h5-6,12-13,15H,7-11H2,1-4H3. The van der Waals surface area contributed by atoms with Crippen molar-refractivity contribution in [1.82, 2.24) is 5.32 Å². The maximum absolute atomic E-state index is 5.74. The Labute approximate surface area is 100 Å². The first-order valence-corrected chi connectivity index (χ1v) is 6.47. The van der Waals surface area contributed by atoms with Gasteiger partial charge in [0, 0.05) is 12.1 Å². The molecule has 0 aromatic heterocycles. The van der Waals surface area contributed by atoms with Gasteiger partial charge in [0.1, 0.15) is 0 Å². The molecule has 1 rings (SSSR count). The predicted octanol–water partition coefficient (Wildman–Crippen LogP) is 2.99. The highest BCUT2D eigenvalue weighted by atomic mass is 16.5. The van der Waals surface area contributed by atoms with Crippen molar-refractivity contribution >= 4 is 0 Å². The quantitative estimate of drug-likeness (QED) is 0.573. The van der Waals surface area contributed by atoms with Crippen LogP contribution in [-0.4, -0.2) is 25.3 Å². The van der Waals surface area contributed by atoms with E-state index in [9.17, 15) is 0 Å². The Bertz CT molecular complexity index is 217. The fraction of sp³-hybridized carbons (Fsp3) is 0.857. The highest BCUT2D eigenvalue weighted by Crippen LogP contribution is 2.24. The van der Waals surface area contributed by atoms with Gasteiger partial charge in [-0.1, -0.05) is 19.1 Å². The number of allylic oxidation sites excluding steroid dienone is 2. The number of ether oxygens (including phenoxy) is 1. The Morgan fingerprint density at radius 2 is 1.94 bits per heavy atom. The van der Waals surface area contributed by atoms with E-state index in [1.54, 1.807) is 0 Å². The first-order chi connectivity index (χ1) is 7.49. The van der Waals surface area contributed by atoms with E-state index < -0.39 is 0 Å². The Kier molecular flexibility index (Phi) is 5.50. The van der Waals surface area contributed by atoms with Gasteiger partial charge in [-0.05, 0) is 45.4 Å². The fourth-order valence-electron chi connectivity index (χ4n) is 1.97. The minimum atomic E-state index is 0.199. The zero-order chi connectivity index (χ0) is 12.0. The van der Waals surface area contributed by atoms with E-state index in [0.29, 0.717) is 0 Å². The summed E-state index contributed by atoms with van der Waals surface area (Å²) in [7, 11) is 0. The first-order valence-electron chi connectivity index (χ1n) is 6.47. The monoisotopic (exact) mass is 225 g/mol. The number of hydrogen-bond donors (Lipinski definition) is 1. The van der Waals surface area contributed by atoms with Crippen molar-refractivity contribution in [2.75, 3.05) is 19.8 Å². The lowest BCUT2D eigenvalue weighted by Crippen LogP contribution is -2.38. The molecular weight excluding hydrogens is 198 g/mol. The molecule has 2 unspecified atom stereocenters. The first kappa shape index (κ1) is 13.7. The van der Waals surface area contributed by atoms with Crippen LogP contribution in [0.3, 0.4) is 0 Å². The molecule has 2 atom stereocenters. The van der Waals surface area contributed by atoms with Crippen molar-refractivity contribution in [2.45, 2.75) is 46.1 Å². The summed E-state index contributed by atoms with van der Waals surface area (Å²) in [6, 6.07) is 0. The van der Waals surface area contributed by atoms with Gasteiger partial charge >= 0.3 is 0 Å². The van der Waals surface area contributed by atoms with Crippen molar-refractivity contribution in [2.24, 2.45) is 11.8 Å². The zero-order valence-electron chi connectivity index (χ0n) is 11.3. The third kappa shape index (κ3) is 5.66. The summed E-state index contributed by atoms with van der Waals surface area (Å²) >= 11 is 0. The summed E-state index contributed by atoms with van der Waals surface area (Å²) in [5, 5.41) is 3.43. The molecule has 1 N–H and O–H groups in total. The molecule has 1 aliphatic rings. The molecule has 0 amide bonds. The summed E-state index contributed by atoms with van der Waals surface area (Å²) in [5.41, 5.74) is 0.199. The third-order valence-corrected chi connectivity index (χ3v) is 3.15. The van der Waals surface area contributed by atoms with Crippen LogP contribution in [0.4, 0.5) is 0 Å². The Morgan fingerprint density at radius 3 is 2.56 bits per heavy atom. The Morgan fingerprint density at radius 1 is 1.25 bits per heavy atom. The van der Waals surface area contributed by atoms with Crippen molar-refractivity contribution in [3.8, 4) is 0 Å². The highest BCUT2D eigenvalue weighted by molar-refractivity contribution is 4.93. The van der Waals surface area contributed by atoms with Crippen molar-refractivity contribution in [3.63, 3.8) is 0 Å². The van der Waals surface area contributed by atoms with Gasteiger partial charge in [0.05, 0.1) is 13.2 Å². The van der Waals surface area contributed by atoms with Gasteiger partial charge < -0.3 is 10.1 Å². The van der Waals surface area contributed by atoms with Crippen LogP contribution in [0.5, 0.6) is 0 Å². The minimum absolute atomic E-state index is 0.199. The molecule has 0 bridgehead atoms. The second-order valence-electron chi connectivity index (χ2n) is 5.93. The van der Waals surface area contributed by atoms with Crippen LogP contribution >= 0.6 is 0 Å². The van der Waals surface area contributed by atoms with Gasteiger partial charge in [-0.3, -0.25) is 0 Å². The number of hydrogen-bond acceptors (Lipinski definition) is 2. The molecular formula is C14H27NO. The van der Waals surface area contributed by atoms with E-state index in [0.717, 1.165) is 31.6 Å². The van der Waals surface area contributed by atoms with Gasteiger partial charge in [-0.15, -0.1) is 0 Å². The lowest BCUT2D eigenvalue weighted by atomic mass is 9.85. The van der Waals surface area contributed by atoms with E-state index in [2.05, 4.69) is 45.2 Å². The van der Waals surface area contributed by atoms with E-state index in [1.165, 1.54) is 12.8 Å². The normalized spacial score (nSPS) is 26.0. The van der Waals surface area contributed by atoms with Crippen LogP contribution in [0.25, 0.3) is 0 Å². The topological polar surface area (TPSA) is 21.3 Å². The summed E-state index contributed by atoms with van der Waals surface area (Å²) < 4.78 is 5.74. The zero-order valence-corrected chi connectivity index (χ0v) is 11.3. The van der Waals surface area contributed by atoms with E-state index in [4.69, 9.17) is 4.74 Å². The minimum Gasteiger partial charge on any atom is -0.380 e. The highest BCUT2D eigenvalue weighted by Gasteiger charge is 2.18. The maximum Gasteiger partial charge on any atom is 0.0591 e. The molecule has 94 valence electrons. The fourth-order valence-corrected chi connectivity index (χ4v) is 1.97. The van der Waals surface area contributed by atoms with Crippen LogP contribution in [0, 0.1) is 11.8 Å². The van der Waals surface area contributed by atoms with Gasteiger partial charge in [-0.2, -0.15) is 0 Å². The molecule has 0 spiro atoms. The van der Waals surface area contributed by atoms with E-state index >= 15 is 0 Å². The van der Waals surface area contributed by atoms with Crippen LogP contribution in [0.1, 0.15) is 40.5 Å². The predicted molar refractivity (Wildman–Crippen MR) is 69.6 cm³/mol. The van der Waals surface area contributed by atoms with Crippen LogP contribution in [0.2, 0.25) is 0 Å². The largest absolute Gasteiger partial charge is 0.380 e. The van der Waals surface area contributed by atoms with Crippen molar-refractivity contribution < 1.29 is 4.74 Å². The average molecular weight is 225 g/mol. The lowest BCUT2D eigenvalue weighted by molar-refractivity contribution is 0.0781. The SMILES string of the molecule is CC1CC=CCC1COCCNC(C)(C)C. The van der Waals surface area contributed by atoms with Gasteiger partial charge in [0.2, 0.25) is 0 Å². The van der Waals surface area contributed by atoms with Gasteiger partial charge in [-0.25, -0.2) is 0 Å². The number of rotatable bonds is 5. The molecule has 0 aliphatic heterocycles. The summed E-state index contributed by atoms with van der Waals surface area (Å²) in [6.45, 7) is 11.6. The molecule has 2 heteroatoms. The van der Waals surface area contributed by atoms with Crippen molar-refractivity contribution in [1.29, 1.82) is 0 Å². The molecule has 0 aromatic carbocycles. The van der Waals surface area contributed by atoms with Gasteiger partial charge in [0.15, 0.2) is 0 Å². The van der Waals surface area contributed by atoms with Gasteiger partial charge in [0.25, 0.3) is 0 Å². The molecule has 16 heavy (non-hydrogen) atoms. The molecule has 0 radical (unpaired) electrons. The molecule has 0 heterocycles. The molecule has 0 saturated heterocycles. The number of nitrogens with one attached hydrogen (secondary N) is 1. The molecule has 0 aromatic rings. The molecule has 0 fully saturated rings. The second-order valence-corrected chi connectivity index (χ2v) is 5.93. The lowest BCUT2D eigenvalue weighted by Gasteiger charge is -2.25. The summed E-state index contributed by atoms with van der Waals surface area (Å²) in [6.07, 6.45) is 6.99. The van der Waals surface area contributed by atoms with Crippen LogP contribution in [-0.2, 0) is 4.74 Å². The molecule has 0 saturated carbocycles. The smallest absolute Gasteiger partial charge is 0.0591 e. The van der Waals surface area contributed by atoms with E-state index in [1.807, 2.05) is 0 Å². The Balaban J connectivity index is 2.05. The summed E-state index contributed by atoms with van der Waals surface area (Å²) in [4.78, 5) is 0. The third-order valence-electron chi connectivity index (χ3n) is 3.15. The van der Waals surface area contributed by atoms with Crippen LogP contribution < -0.4 is 5.32 Å². The second kappa shape index (κ2) is 6.41. The molecule has 2 nitrogen and oxygen atoms in total. The Hall–Kier alpha value is -0.340. The maximum atomic E-state index is 5.74. The van der Waals surface area contributed by atoms with E-state index in [-0.39, 0.29) is 5.54 Å². The summed E-state index contributed by atoms with van der Waals surface area (Å²) in [5.74, 6) is 1.50. The molecule has 1 aliphatic carbocycles. The average Bonchev–Trinajstić information content (AvgIpc) is 2.18. The van der Waals surface area contributed by atoms with Crippen LogP contribution in [0.15, 0.2) is 12.2 Å². The van der Waals surface area contributed by atoms with Crippen molar-refractivity contribution in [3.05, 3.63) is 12.2 Å².